The van der Waals surface area contributed by atoms with Crippen LogP contribution in [0.5, 0.6) is 5.75 Å². The molecule has 2 rings (SSSR count). The van der Waals surface area contributed by atoms with E-state index in [0.29, 0.717) is 5.57 Å². The van der Waals surface area contributed by atoms with Crippen LogP contribution >= 0.6 is 0 Å². The van der Waals surface area contributed by atoms with Crippen LogP contribution in [-0.4, -0.2) is 13.4 Å². The van der Waals surface area contributed by atoms with Gasteiger partial charge in [0.25, 0.3) is 0 Å². The summed E-state index contributed by atoms with van der Waals surface area (Å²) in [5.41, 5.74) is 4.28. The van der Waals surface area contributed by atoms with Crippen LogP contribution in [0.1, 0.15) is 37.5 Å². The number of benzene rings is 2. The summed E-state index contributed by atoms with van der Waals surface area (Å²) >= 11 is 0. The van der Waals surface area contributed by atoms with E-state index in [2.05, 4.69) is 45.0 Å². The summed E-state index contributed by atoms with van der Waals surface area (Å²) in [5, 5.41) is 0. The van der Waals surface area contributed by atoms with Gasteiger partial charge in [-0.05, 0) is 40.7 Å². The lowest BCUT2D eigenvalue weighted by Crippen LogP contribution is -2.10. The number of ether oxygens (including phenoxy) is 1. The van der Waals surface area contributed by atoms with Crippen molar-refractivity contribution < 1.29 is 9.53 Å². The van der Waals surface area contributed by atoms with Crippen molar-refractivity contribution in [2.75, 3.05) is 7.11 Å². The molecule has 120 valence electrons. The third-order valence-electron chi connectivity index (χ3n) is 3.93. The maximum absolute atomic E-state index is 11.4. The molecule has 0 unspecified atom stereocenters. The second-order valence-corrected chi connectivity index (χ2v) is 6.66. The summed E-state index contributed by atoms with van der Waals surface area (Å²) in [4.78, 5) is 11.4. The Morgan fingerprint density at radius 3 is 2.09 bits per heavy atom. The summed E-state index contributed by atoms with van der Waals surface area (Å²) in [6.45, 7) is 6.61. The Bertz CT molecular complexity index is 671. The van der Waals surface area contributed by atoms with Gasteiger partial charge in [0.1, 0.15) is 12.0 Å². The molecule has 0 N–H and O–H groups in total. The minimum absolute atomic E-state index is 0.158. The molecule has 0 radical (unpaired) electrons. The van der Waals surface area contributed by atoms with Crippen LogP contribution < -0.4 is 4.74 Å². The van der Waals surface area contributed by atoms with Gasteiger partial charge in [-0.15, -0.1) is 0 Å². The molecule has 0 aliphatic rings. The van der Waals surface area contributed by atoms with Gasteiger partial charge in [-0.2, -0.15) is 0 Å². The van der Waals surface area contributed by atoms with E-state index in [1.54, 1.807) is 7.11 Å². The van der Waals surface area contributed by atoms with Crippen LogP contribution in [-0.2, 0) is 16.6 Å². The number of allylic oxidation sites excluding steroid dienone is 2. The number of methoxy groups -OCH3 is 1. The van der Waals surface area contributed by atoms with Crippen LogP contribution in [0, 0.1) is 0 Å². The van der Waals surface area contributed by atoms with Crippen molar-refractivity contribution in [3.8, 4) is 5.75 Å². The van der Waals surface area contributed by atoms with Crippen molar-refractivity contribution >= 4 is 11.9 Å². The normalized spacial score (nSPS) is 12.1. The maximum Gasteiger partial charge on any atom is 0.150 e. The minimum Gasteiger partial charge on any atom is -0.497 e. The van der Waals surface area contributed by atoms with Crippen molar-refractivity contribution in [3.63, 3.8) is 0 Å². The fraction of sp³-hybridized carbons (Fsp3) is 0.286. The maximum atomic E-state index is 11.4. The van der Waals surface area contributed by atoms with Crippen LogP contribution in [0.3, 0.4) is 0 Å². The molecule has 0 fully saturated rings. The van der Waals surface area contributed by atoms with E-state index in [9.17, 15) is 4.79 Å². The molecule has 0 amide bonds. The quantitative estimate of drug-likeness (QED) is 0.585. The molecular formula is C21H24O2. The van der Waals surface area contributed by atoms with Gasteiger partial charge >= 0.3 is 0 Å². The van der Waals surface area contributed by atoms with E-state index in [1.807, 2.05) is 30.3 Å². The van der Waals surface area contributed by atoms with Crippen molar-refractivity contribution in [2.24, 2.45) is 0 Å². The van der Waals surface area contributed by atoms with Gasteiger partial charge in [-0.1, -0.05) is 63.2 Å². The SMILES string of the molecule is COc1ccc(C(C=O)=CCc2ccc(C(C)(C)C)cc2)cc1. The van der Waals surface area contributed by atoms with E-state index in [1.165, 1.54) is 11.1 Å². The van der Waals surface area contributed by atoms with Gasteiger partial charge in [0.15, 0.2) is 0 Å². The first-order chi connectivity index (χ1) is 10.9. The molecule has 0 heterocycles. The zero-order valence-electron chi connectivity index (χ0n) is 14.3. The first-order valence-electron chi connectivity index (χ1n) is 7.83. The fourth-order valence-electron chi connectivity index (χ4n) is 2.39. The topological polar surface area (TPSA) is 26.3 Å². The lowest BCUT2D eigenvalue weighted by Gasteiger charge is -2.19. The second kappa shape index (κ2) is 7.28. The largest absolute Gasteiger partial charge is 0.497 e. The van der Waals surface area contributed by atoms with Gasteiger partial charge in [0, 0.05) is 5.57 Å². The first kappa shape index (κ1) is 17.0. The van der Waals surface area contributed by atoms with E-state index >= 15 is 0 Å². The average Bonchev–Trinajstić information content (AvgIpc) is 2.55. The number of aldehydes is 1. The molecule has 23 heavy (non-hydrogen) atoms. The van der Waals surface area contributed by atoms with Crippen molar-refractivity contribution in [1.82, 2.24) is 0 Å². The van der Waals surface area contributed by atoms with Crippen molar-refractivity contribution in [3.05, 3.63) is 71.3 Å². The Balaban J connectivity index is 2.14. The zero-order chi connectivity index (χ0) is 16.9. The summed E-state index contributed by atoms with van der Waals surface area (Å²) < 4.78 is 5.14. The van der Waals surface area contributed by atoms with Gasteiger partial charge in [0.05, 0.1) is 7.11 Å². The van der Waals surface area contributed by atoms with E-state index < -0.39 is 0 Å². The Kier molecular flexibility index (Phi) is 5.38. The second-order valence-electron chi connectivity index (χ2n) is 6.66. The molecule has 0 atom stereocenters. The average molecular weight is 308 g/mol. The van der Waals surface area contributed by atoms with E-state index in [4.69, 9.17) is 4.74 Å². The number of rotatable bonds is 5. The summed E-state index contributed by atoms with van der Waals surface area (Å²) in [5.74, 6) is 0.789. The third kappa shape index (κ3) is 4.56. The van der Waals surface area contributed by atoms with Gasteiger partial charge in [-0.3, -0.25) is 4.79 Å². The molecule has 0 saturated carbocycles. The summed E-state index contributed by atoms with van der Waals surface area (Å²) in [7, 11) is 1.63. The third-order valence-corrected chi connectivity index (χ3v) is 3.93. The fourth-order valence-corrected chi connectivity index (χ4v) is 2.39. The van der Waals surface area contributed by atoms with Crippen molar-refractivity contribution in [2.45, 2.75) is 32.6 Å². The zero-order valence-corrected chi connectivity index (χ0v) is 14.3. The smallest absolute Gasteiger partial charge is 0.150 e. The number of hydrogen-bond donors (Lipinski definition) is 0. The Morgan fingerprint density at radius 2 is 1.61 bits per heavy atom. The number of carbonyl (C=O) groups is 1. The van der Waals surface area contributed by atoms with Crippen LogP contribution in [0.15, 0.2) is 54.6 Å². The Morgan fingerprint density at radius 1 is 1.00 bits per heavy atom. The highest BCUT2D eigenvalue weighted by atomic mass is 16.5. The Labute approximate surface area is 138 Å². The molecule has 2 heteroatoms. The predicted octanol–water partition coefficient (Wildman–Crippen LogP) is 4.82. The predicted molar refractivity (Wildman–Crippen MR) is 95.9 cm³/mol. The molecule has 0 aliphatic heterocycles. The van der Waals surface area contributed by atoms with Crippen LogP contribution in [0.4, 0.5) is 0 Å². The van der Waals surface area contributed by atoms with E-state index in [-0.39, 0.29) is 5.41 Å². The number of hydrogen-bond acceptors (Lipinski definition) is 2. The highest BCUT2D eigenvalue weighted by Gasteiger charge is 2.12. The van der Waals surface area contributed by atoms with E-state index in [0.717, 1.165) is 24.0 Å². The molecule has 0 saturated heterocycles. The molecule has 0 aromatic heterocycles. The van der Waals surface area contributed by atoms with Crippen LogP contribution in [0.25, 0.3) is 5.57 Å². The van der Waals surface area contributed by atoms with Gasteiger partial charge in [-0.25, -0.2) is 0 Å². The molecule has 0 aliphatic carbocycles. The summed E-state index contributed by atoms with van der Waals surface area (Å²) in [6, 6.07) is 16.1. The van der Waals surface area contributed by atoms with Crippen molar-refractivity contribution in [1.29, 1.82) is 0 Å². The molecular weight excluding hydrogens is 284 g/mol. The monoisotopic (exact) mass is 308 g/mol. The Hall–Kier alpha value is -2.35. The molecule has 2 nitrogen and oxygen atoms in total. The van der Waals surface area contributed by atoms with Crippen LogP contribution in [0.2, 0.25) is 0 Å². The van der Waals surface area contributed by atoms with Gasteiger partial charge in [0.2, 0.25) is 0 Å². The minimum atomic E-state index is 0.158. The first-order valence-corrected chi connectivity index (χ1v) is 7.83. The molecule has 0 spiro atoms. The lowest BCUT2D eigenvalue weighted by atomic mass is 9.86. The van der Waals surface area contributed by atoms with Gasteiger partial charge < -0.3 is 4.74 Å². The highest BCUT2D eigenvalue weighted by molar-refractivity contribution is 6.06. The molecule has 2 aromatic rings. The standard InChI is InChI=1S/C21H24O2/c1-21(2,3)19-11-6-16(7-12-19)5-8-18(15-22)17-9-13-20(23-4)14-10-17/h6-15H,5H2,1-4H3. The molecule has 0 bridgehead atoms. The lowest BCUT2D eigenvalue weighted by molar-refractivity contribution is -0.103. The molecule has 2 aromatic carbocycles. The highest BCUT2D eigenvalue weighted by Crippen LogP contribution is 2.23. The number of carbonyl (C=O) groups excluding carboxylic acids is 1. The summed E-state index contributed by atoms with van der Waals surface area (Å²) in [6.07, 6.45) is 3.62.